The molecule has 23 nitrogen and oxygen atoms in total. The van der Waals surface area contributed by atoms with Gasteiger partial charge in [-0.25, -0.2) is 4.57 Å². The molecule has 0 amide bonds. The lowest BCUT2D eigenvalue weighted by Crippen LogP contribution is -2.69. The third-order valence-corrected chi connectivity index (χ3v) is 17.3. The molecular formula is C59H111O23P. The molecule has 17 atom stereocenters. The van der Waals surface area contributed by atoms with Gasteiger partial charge in [0.25, 0.3) is 0 Å². The van der Waals surface area contributed by atoms with Gasteiger partial charge >= 0.3 is 19.8 Å². The molecule has 24 heteroatoms. The number of phosphoric acid groups is 1. The molecule has 0 radical (unpaired) electrons. The molecule has 490 valence electrons. The highest BCUT2D eigenvalue weighted by atomic mass is 31.2. The van der Waals surface area contributed by atoms with E-state index in [4.69, 9.17) is 37.5 Å². The van der Waals surface area contributed by atoms with Gasteiger partial charge in [0, 0.05) is 12.8 Å². The van der Waals surface area contributed by atoms with Crippen molar-refractivity contribution in [2.24, 2.45) is 5.92 Å². The maximum absolute atomic E-state index is 14.1. The quantitative estimate of drug-likeness (QED) is 0.0201. The molecule has 0 aromatic heterocycles. The molecule has 3 rings (SSSR count). The van der Waals surface area contributed by atoms with Crippen LogP contribution in [0.15, 0.2) is 0 Å². The first-order valence-corrected chi connectivity index (χ1v) is 33.3. The second-order valence-electron chi connectivity index (χ2n) is 23.6. The second-order valence-corrected chi connectivity index (χ2v) is 25.0. The topological polar surface area (TPSA) is 368 Å². The van der Waals surface area contributed by atoms with Gasteiger partial charge in [0.2, 0.25) is 0 Å². The molecule has 0 aromatic carbocycles. The van der Waals surface area contributed by atoms with Crippen LogP contribution in [-0.4, -0.2) is 204 Å². The lowest BCUT2D eigenvalue weighted by atomic mass is 9.84. The van der Waals surface area contributed by atoms with Crippen LogP contribution >= 0.6 is 7.82 Å². The highest BCUT2D eigenvalue weighted by molar-refractivity contribution is 7.47. The normalized spacial score (nSPS) is 30.9. The van der Waals surface area contributed by atoms with Gasteiger partial charge in [-0.05, 0) is 18.8 Å². The third kappa shape index (κ3) is 28.7. The fraction of sp³-hybridized carbons (Fsp3) is 0.966. The first-order chi connectivity index (χ1) is 39.8. The van der Waals surface area contributed by atoms with Gasteiger partial charge in [-0.3, -0.25) is 18.6 Å². The average Bonchev–Trinajstić information content (AvgIpc) is 3.67. The standard InChI is InChI=1S/C59H111O23P/c1-4-6-8-10-12-13-14-15-16-17-18-19-20-21-26-30-34-44(62)75-38-41(77-45(63)35-31-27-23-22-25-29-33-40(3)32-28-24-11-9-7-5-2)39-76-83(73,74)82-57-55(80-58-53(71)48(66)46(64)42(36-60)78-58)51(69)50(68)52(70)56(57)81-59-54(72)49(67)47(65)43(37-61)79-59/h40-43,46-61,64-72H,4-39H2,1-3H3,(H,73,74). The zero-order valence-corrected chi connectivity index (χ0v) is 51.0. The SMILES string of the molecule is CCCCCCCCCCCCCCCCCCC(=O)OCC(COP(=O)(O)OC1C(OC2OC(CO)C(O)C(O)C2O)C(O)C(O)C(O)C1OC1OC(CO)C(O)C(O)C1O)OC(=O)CCCCCCCCC(C)CCCCCCCC. The predicted molar refractivity (Wildman–Crippen MR) is 305 cm³/mol. The summed E-state index contributed by atoms with van der Waals surface area (Å²) in [5.74, 6) is -0.633. The number of aliphatic hydroxyl groups excluding tert-OH is 11. The zero-order chi connectivity index (χ0) is 61.2. The van der Waals surface area contributed by atoms with E-state index < -0.39 is 150 Å². The summed E-state index contributed by atoms with van der Waals surface area (Å²) < 4.78 is 58.3. The minimum absolute atomic E-state index is 0.0274. The van der Waals surface area contributed by atoms with Crippen LogP contribution in [0.1, 0.15) is 226 Å². The summed E-state index contributed by atoms with van der Waals surface area (Å²) >= 11 is 0. The van der Waals surface area contributed by atoms with E-state index in [1.54, 1.807) is 0 Å². The number of hydrogen-bond donors (Lipinski definition) is 12. The number of aliphatic hydroxyl groups is 11. The van der Waals surface area contributed by atoms with E-state index in [-0.39, 0.29) is 12.8 Å². The van der Waals surface area contributed by atoms with Gasteiger partial charge in [0.05, 0.1) is 19.8 Å². The van der Waals surface area contributed by atoms with Crippen molar-refractivity contribution in [1.82, 2.24) is 0 Å². The molecule has 2 saturated heterocycles. The average molecular weight is 1220 g/mol. The van der Waals surface area contributed by atoms with Gasteiger partial charge in [0.15, 0.2) is 18.7 Å². The molecule has 2 aliphatic heterocycles. The Balaban J connectivity index is 1.67. The van der Waals surface area contributed by atoms with Crippen LogP contribution in [0.2, 0.25) is 0 Å². The van der Waals surface area contributed by atoms with Crippen LogP contribution in [0, 0.1) is 5.92 Å². The highest BCUT2D eigenvalue weighted by Crippen LogP contribution is 2.49. The Kier molecular flexibility index (Phi) is 39.4. The predicted octanol–water partition coefficient (Wildman–Crippen LogP) is 5.57. The van der Waals surface area contributed by atoms with Crippen LogP contribution in [0.4, 0.5) is 0 Å². The van der Waals surface area contributed by atoms with Crippen molar-refractivity contribution in [3.8, 4) is 0 Å². The molecule has 3 aliphatic rings. The van der Waals surface area contributed by atoms with Crippen LogP contribution in [0.25, 0.3) is 0 Å². The smallest absolute Gasteiger partial charge is 0.462 e. The van der Waals surface area contributed by atoms with Gasteiger partial charge in [0.1, 0.15) is 92.1 Å². The lowest BCUT2D eigenvalue weighted by molar-refractivity contribution is -0.360. The van der Waals surface area contributed by atoms with Crippen molar-refractivity contribution in [3.63, 3.8) is 0 Å². The van der Waals surface area contributed by atoms with Crippen molar-refractivity contribution < 1.29 is 113 Å². The first kappa shape index (κ1) is 75.7. The third-order valence-electron chi connectivity index (χ3n) is 16.3. The summed E-state index contributed by atoms with van der Waals surface area (Å²) in [6, 6.07) is 0. The number of ether oxygens (including phenoxy) is 6. The number of carbonyl (C=O) groups excluding carboxylic acids is 2. The molecule has 1 saturated carbocycles. The molecule has 0 bridgehead atoms. The van der Waals surface area contributed by atoms with Crippen LogP contribution in [0.5, 0.6) is 0 Å². The van der Waals surface area contributed by atoms with E-state index in [9.17, 15) is 75.2 Å². The molecular weight excluding hydrogens is 1110 g/mol. The van der Waals surface area contributed by atoms with Crippen LogP contribution in [0.3, 0.4) is 0 Å². The molecule has 83 heavy (non-hydrogen) atoms. The Morgan fingerprint density at radius 2 is 0.795 bits per heavy atom. The van der Waals surface area contributed by atoms with E-state index in [0.29, 0.717) is 18.8 Å². The zero-order valence-electron chi connectivity index (χ0n) is 50.2. The van der Waals surface area contributed by atoms with Gasteiger partial charge < -0.3 is 89.5 Å². The Morgan fingerprint density at radius 1 is 0.446 bits per heavy atom. The fourth-order valence-electron chi connectivity index (χ4n) is 11.0. The molecule has 0 spiro atoms. The summed E-state index contributed by atoms with van der Waals surface area (Å²) in [5.41, 5.74) is 0. The minimum atomic E-state index is -5.64. The number of phosphoric ester groups is 1. The van der Waals surface area contributed by atoms with Gasteiger partial charge in [-0.2, -0.15) is 0 Å². The van der Waals surface area contributed by atoms with E-state index in [2.05, 4.69) is 20.8 Å². The van der Waals surface area contributed by atoms with Crippen molar-refractivity contribution >= 4 is 19.8 Å². The first-order valence-electron chi connectivity index (χ1n) is 31.8. The molecule has 0 aromatic rings. The Morgan fingerprint density at radius 3 is 1.18 bits per heavy atom. The van der Waals surface area contributed by atoms with Crippen LogP contribution < -0.4 is 0 Å². The van der Waals surface area contributed by atoms with E-state index in [1.807, 2.05) is 0 Å². The summed E-state index contributed by atoms with van der Waals surface area (Å²) in [5, 5.41) is 117. The molecule has 3 fully saturated rings. The van der Waals surface area contributed by atoms with Crippen molar-refractivity contribution in [1.29, 1.82) is 0 Å². The molecule has 1 aliphatic carbocycles. The highest BCUT2D eigenvalue weighted by Gasteiger charge is 2.58. The summed E-state index contributed by atoms with van der Waals surface area (Å²) in [6.07, 6.45) is -0.721. The van der Waals surface area contributed by atoms with Gasteiger partial charge in [-0.1, -0.05) is 201 Å². The fourth-order valence-corrected chi connectivity index (χ4v) is 11.9. The minimum Gasteiger partial charge on any atom is -0.462 e. The number of esters is 2. The lowest BCUT2D eigenvalue weighted by Gasteiger charge is -2.49. The monoisotopic (exact) mass is 1220 g/mol. The van der Waals surface area contributed by atoms with E-state index >= 15 is 0 Å². The van der Waals surface area contributed by atoms with Gasteiger partial charge in [-0.15, -0.1) is 0 Å². The number of rotatable bonds is 47. The maximum Gasteiger partial charge on any atom is 0.472 e. The van der Waals surface area contributed by atoms with Crippen molar-refractivity contribution in [2.45, 2.75) is 330 Å². The van der Waals surface area contributed by atoms with Crippen LogP contribution in [-0.2, 0) is 51.6 Å². The Hall–Kier alpha value is -1.55. The Labute approximate surface area is 493 Å². The van der Waals surface area contributed by atoms with Crippen molar-refractivity contribution in [3.05, 3.63) is 0 Å². The molecule has 2 heterocycles. The van der Waals surface area contributed by atoms with E-state index in [0.717, 1.165) is 57.8 Å². The number of hydrogen-bond acceptors (Lipinski definition) is 22. The summed E-state index contributed by atoms with van der Waals surface area (Å²) in [4.78, 5) is 37.7. The summed E-state index contributed by atoms with van der Waals surface area (Å²) in [7, 11) is -5.64. The molecule has 12 N–H and O–H groups in total. The Bertz CT molecular complexity index is 1670. The van der Waals surface area contributed by atoms with E-state index in [1.165, 1.54) is 122 Å². The summed E-state index contributed by atoms with van der Waals surface area (Å²) in [6.45, 7) is 3.36. The largest absolute Gasteiger partial charge is 0.472 e. The number of carbonyl (C=O) groups is 2. The second kappa shape index (κ2) is 43.2. The van der Waals surface area contributed by atoms with Crippen molar-refractivity contribution in [2.75, 3.05) is 26.4 Å². The number of unbranched alkanes of at least 4 members (excludes halogenated alkanes) is 25. The molecule has 17 unspecified atom stereocenters. The maximum atomic E-state index is 14.1.